The maximum atomic E-state index is 6.04. The van der Waals surface area contributed by atoms with Crippen LogP contribution < -0.4 is 11.5 Å². The maximum absolute atomic E-state index is 6.04. The Hall–Kier alpha value is -1.25. The van der Waals surface area contributed by atoms with E-state index in [-0.39, 0.29) is 0 Å². The quantitative estimate of drug-likeness (QED) is 0.800. The number of nitrogens with two attached hydrogens (primary N) is 2. The van der Waals surface area contributed by atoms with Crippen LogP contribution in [0, 0.1) is 0 Å². The molecule has 0 saturated heterocycles. The highest BCUT2D eigenvalue weighted by Gasteiger charge is 2.15. The van der Waals surface area contributed by atoms with Crippen molar-refractivity contribution in [3.8, 4) is 0 Å². The molecule has 0 atom stereocenters. The van der Waals surface area contributed by atoms with E-state index in [0.717, 1.165) is 35.5 Å². The summed E-state index contributed by atoms with van der Waals surface area (Å²) in [6.45, 7) is 8.36. The van der Waals surface area contributed by atoms with E-state index in [9.17, 15) is 0 Å². The Morgan fingerprint density at radius 2 is 1.67 bits per heavy atom. The number of aromatic nitrogens is 1. The van der Waals surface area contributed by atoms with Crippen LogP contribution in [0.4, 0.5) is 11.4 Å². The van der Waals surface area contributed by atoms with Gasteiger partial charge < -0.3 is 11.5 Å². The van der Waals surface area contributed by atoms with Crippen molar-refractivity contribution in [1.82, 2.24) is 4.98 Å². The Labute approximate surface area is 91.9 Å². The largest absolute Gasteiger partial charge is 0.397 e. The number of nitrogens with zero attached hydrogens (tertiary/aromatic N) is 1. The standard InChI is InChI=1S/C12H21N3/c1-5-8-9(6-2)15-12(7(3)4)11(14)10(8)13/h7H,5-6,14H2,1-4H3,(H2,13,15). The molecule has 84 valence electrons. The fourth-order valence-corrected chi connectivity index (χ4v) is 1.86. The van der Waals surface area contributed by atoms with Crippen LogP contribution in [-0.4, -0.2) is 4.98 Å². The second-order valence-electron chi connectivity index (χ2n) is 4.11. The number of hydrogen-bond donors (Lipinski definition) is 2. The van der Waals surface area contributed by atoms with E-state index in [1.54, 1.807) is 0 Å². The molecule has 4 N–H and O–H groups in total. The molecule has 3 heteroatoms. The van der Waals surface area contributed by atoms with Crippen LogP contribution in [-0.2, 0) is 12.8 Å². The first-order valence-corrected chi connectivity index (χ1v) is 5.59. The van der Waals surface area contributed by atoms with Crippen molar-refractivity contribution in [3.05, 3.63) is 17.0 Å². The van der Waals surface area contributed by atoms with Crippen molar-refractivity contribution in [3.63, 3.8) is 0 Å². The number of aryl methyl sites for hydroxylation is 1. The molecule has 0 saturated carbocycles. The average Bonchev–Trinajstić information content (AvgIpc) is 2.21. The molecule has 0 aromatic carbocycles. The third-order valence-electron chi connectivity index (χ3n) is 2.73. The summed E-state index contributed by atoms with van der Waals surface area (Å²) in [6, 6.07) is 0. The predicted molar refractivity (Wildman–Crippen MR) is 65.9 cm³/mol. The molecular weight excluding hydrogens is 186 g/mol. The Morgan fingerprint density at radius 3 is 2.07 bits per heavy atom. The molecule has 0 amide bonds. The highest BCUT2D eigenvalue weighted by Crippen LogP contribution is 2.30. The van der Waals surface area contributed by atoms with Crippen molar-refractivity contribution >= 4 is 11.4 Å². The van der Waals surface area contributed by atoms with E-state index >= 15 is 0 Å². The molecule has 0 aliphatic rings. The van der Waals surface area contributed by atoms with Crippen LogP contribution in [0.15, 0.2) is 0 Å². The van der Waals surface area contributed by atoms with Gasteiger partial charge in [0.1, 0.15) is 0 Å². The second kappa shape index (κ2) is 4.51. The Bertz CT molecular complexity index is 356. The molecule has 0 aliphatic carbocycles. The van der Waals surface area contributed by atoms with Crippen LogP contribution in [0.3, 0.4) is 0 Å². The van der Waals surface area contributed by atoms with Crippen molar-refractivity contribution in [2.75, 3.05) is 11.5 Å². The van der Waals surface area contributed by atoms with Crippen LogP contribution >= 0.6 is 0 Å². The van der Waals surface area contributed by atoms with Gasteiger partial charge in [0, 0.05) is 5.69 Å². The molecule has 15 heavy (non-hydrogen) atoms. The van der Waals surface area contributed by atoms with Gasteiger partial charge in [-0.2, -0.15) is 0 Å². The number of pyridine rings is 1. The predicted octanol–water partition coefficient (Wildman–Crippen LogP) is 2.49. The van der Waals surface area contributed by atoms with Crippen LogP contribution in [0.2, 0.25) is 0 Å². The van der Waals surface area contributed by atoms with Gasteiger partial charge in [-0.25, -0.2) is 0 Å². The molecule has 1 aromatic heterocycles. The molecule has 0 spiro atoms. The Balaban J connectivity index is 3.42. The van der Waals surface area contributed by atoms with Gasteiger partial charge in [-0.15, -0.1) is 0 Å². The molecule has 3 nitrogen and oxygen atoms in total. The van der Waals surface area contributed by atoms with Gasteiger partial charge in [-0.1, -0.05) is 27.7 Å². The summed E-state index contributed by atoms with van der Waals surface area (Å²) in [5, 5.41) is 0. The Morgan fingerprint density at radius 1 is 1.07 bits per heavy atom. The van der Waals surface area contributed by atoms with E-state index in [4.69, 9.17) is 11.5 Å². The second-order valence-corrected chi connectivity index (χ2v) is 4.11. The Kier molecular flexibility index (Phi) is 3.56. The number of hydrogen-bond acceptors (Lipinski definition) is 3. The third-order valence-corrected chi connectivity index (χ3v) is 2.73. The topological polar surface area (TPSA) is 64.9 Å². The van der Waals surface area contributed by atoms with Crippen molar-refractivity contribution in [2.45, 2.75) is 46.5 Å². The summed E-state index contributed by atoms with van der Waals surface area (Å²) in [4.78, 5) is 4.62. The summed E-state index contributed by atoms with van der Waals surface area (Å²) in [6.07, 6.45) is 1.80. The fourth-order valence-electron chi connectivity index (χ4n) is 1.86. The van der Waals surface area contributed by atoms with Gasteiger partial charge in [0.15, 0.2) is 0 Å². The lowest BCUT2D eigenvalue weighted by Crippen LogP contribution is -2.11. The van der Waals surface area contributed by atoms with Gasteiger partial charge >= 0.3 is 0 Å². The highest BCUT2D eigenvalue weighted by atomic mass is 14.8. The zero-order valence-electron chi connectivity index (χ0n) is 10.1. The molecule has 0 aliphatic heterocycles. The summed E-state index contributed by atoms with van der Waals surface area (Å²) >= 11 is 0. The lowest BCUT2D eigenvalue weighted by Gasteiger charge is -2.17. The van der Waals surface area contributed by atoms with Crippen molar-refractivity contribution in [2.24, 2.45) is 0 Å². The third kappa shape index (κ3) is 2.06. The summed E-state index contributed by atoms with van der Waals surface area (Å²) in [5.41, 5.74) is 16.6. The van der Waals surface area contributed by atoms with Crippen LogP contribution in [0.25, 0.3) is 0 Å². The SMILES string of the molecule is CCc1nc(C(C)C)c(N)c(N)c1CC. The van der Waals surface area contributed by atoms with Crippen LogP contribution in [0.5, 0.6) is 0 Å². The van der Waals surface area contributed by atoms with E-state index < -0.39 is 0 Å². The highest BCUT2D eigenvalue weighted by molar-refractivity contribution is 5.71. The number of nitrogen functional groups attached to an aromatic ring is 2. The first-order valence-electron chi connectivity index (χ1n) is 5.59. The minimum atomic E-state index is 0.323. The molecule has 1 heterocycles. The minimum absolute atomic E-state index is 0.323. The molecular formula is C12H21N3. The van der Waals surface area contributed by atoms with Gasteiger partial charge in [0.25, 0.3) is 0 Å². The summed E-state index contributed by atoms with van der Waals surface area (Å²) in [7, 11) is 0. The summed E-state index contributed by atoms with van der Waals surface area (Å²) < 4.78 is 0. The lowest BCUT2D eigenvalue weighted by molar-refractivity contribution is 0.804. The van der Waals surface area contributed by atoms with Gasteiger partial charge in [0.2, 0.25) is 0 Å². The van der Waals surface area contributed by atoms with Gasteiger partial charge in [0.05, 0.1) is 17.1 Å². The average molecular weight is 207 g/mol. The van der Waals surface area contributed by atoms with E-state index in [0.29, 0.717) is 11.6 Å². The monoisotopic (exact) mass is 207 g/mol. The van der Waals surface area contributed by atoms with Crippen molar-refractivity contribution < 1.29 is 0 Å². The zero-order valence-corrected chi connectivity index (χ0v) is 10.1. The first-order chi connectivity index (χ1) is 7.02. The minimum Gasteiger partial charge on any atom is -0.397 e. The fraction of sp³-hybridized carbons (Fsp3) is 0.583. The normalized spacial score (nSPS) is 11.0. The molecule has 1 rings (SSSR count). The smallest absolute Gasteiger partial charge is 0.0772 e. The van der Waals surface area contributed by atoms with Gasteiger partial charge in [-0.05, 0) is 24.3 Å². The van der Waals surface area contributed by atoms with Gasteiger partial charge in [-0.3, -0.25) is 4.98 Å². The zero-order chi connectivity index (χ0) is 11.6. The van der Waals surface area contributed by atoms with Crippen molar-refractivity contribution in [1.29, 1.82) is 0 Å². The molecule has 1 aromatic rings. The van der Waals surface area contributed by atoms with E-state index in [1.807, 2.05) is 0 Å². The molecule has 0 unspecified atom stereocenters. The van der Waals surface area contributed by atoms with E-state index in [1.165, 1.54) is 0 Å². The van der Waals surface area contributed by atoms with Crippen LogP contribution in [0.1, 0.15) is 50.6 Å². The van der Waals surface area contributed by atoms with E-state index in [2.05, 4.69) is 32.7 Å². The first kappa shape index (κ1) is 11.8. The number of anilines is 2. The maximum Gasteiger partial charge on any atom is 0.0772 e. The molecule has 0 radical (unpaired) electrons. The molecule has 0 bridgehead atoms. The molecule has 0 fully saturated rings. The lowest BCUT2D eigenvalue weighted by atomic mass is 10.00. The summed E-state index contributed by atoms with van der Waals surface area (Å²) in [5.74, 6) is 0.323. The number of rotatable bonds is 3.